The summed E-state index contributed by atoms with van der Waals surface area (Å²) in [6.07, 6.45) is 0. The zero-order chi connectivity index (χ0) is 17.1. The third kappa shape index (κ3) is 3.88. The van der Waals surface area contributed by atoms with Crippen molar-refractivity contribution in [3.05, 3.63) is 59.4 Å². The maximum absolute atomic E-state index is 13.5. The molecule has 24 heavy (non-hydrogen) atoms. The summed E-state index contributed by atoms with van der Waals surface area (Å²) in [5.74, 6) is -0.461. The average Bonchev–Trinajstić information content (AvgIpc) is 2.98. The summed E-state index contributed by atoms with van der Waals surface area (Å²) in [7, 11) is 0. The number of nitrogens with zero attached hydrogens (tertiary/aromatic N) is 2. The van der Waals surface area contributed by atoms with Gasteiger partial charge in [0.05, 0.1) is 17.3 Å². The molecular weight excluding hydrogens is 365 g/mol. The highest BCUT2D eigenvalue weighted by molar-refractivity contribution is 8.15. The molecule has 0 fully saturated rings. The van der Waals surface area contributed by atoms with Gasteiger partial charge in [-0.1, -0.05) is 48.5 Å². The van der Waals surface area contributed by atoms with Crippen LogP contribution in [0.4, 0.5) is 15.8 Å². The van der Waals surface area contributed by atoms with Crippen molar-refractivity contribution in [3.63, 3.8) is 0 Å². The Kier molecular flexibility index (Phi) is 5.38. The van der Waals surface area contributed by atoms with Gasteiger partial charge in [-0.2, -0.15) is 0 Å². The van der Waals surface area contributed by atoms with Gasteiger partial charge in [-0.05, 0) is 42.5 Å². The molecule has 3 nitrogen and oxygen atoms in total. The number of para-hydroxylation sites is 1. The van der Waals surface area contributed by atoms with Gasteiger partial charge in [0.1, 0.15) is 5.82 Å². The monoisotopic (exact) mass is 379 g/mol. The molecule has 1 aliphatic heterocycles. The van der Waals surface area contributed by atoms with E-state index in [4.69, 9.17) is 23.8 Å². The smallest absolute Gasteiger partial charge is 0.184 e. The number of anilines is 2. The molecule has 7 heteroatoms. The quantitative estimate of drug-likeness (QED) is 0.728. The van der Waals surface area contributed by atoms with Crippen molar-refractivity contribution in [1.29, 1.82) is 0 Å². The highest BCUT2D eigenvalue weighted by Crippen LogP contribution is 2.30. The lowest BCUT2D eigenvalue weighted by atomic mass is 10.3. The van der Waals surface area contributed by atoms with Gasteiger partial charge in [-0.15, -0.1) is 0 Å². The van der Waals surface area contributed by atoms with E-state index < -0.39 is 5.82 Å². The van der Waals surface area contributed by atoms with E-state index in [0.29, 0.717) is 16.0 Å². The number of aliphatic imine (C=N–C) groups is 1. The number of amidine groups is 1. The molecule has 0 radical (unpaired) electrons. The maximum Gasteiger partial charge on any atom is 0.184 e. The highest BCUT2D eigenvalue weighted by Gasteiger charge is 2.26. The first kappa shape index (κ1) is 17.2. The Labute approximate surface area is 154 Å². The SMILES string of the molecule is C[C@H]1CN=C(N(C(=S)Nc2ccccc2)c2ccc(F)c(Cl)c2)S1. The van der Waals surface area contributed by atoms with Crippen molar-refractivity contribution in [1.82, 2.24) is 0 Å². The second-order valence-electron chi connectivity index (χ2n) is 5.28. The van der Waals surface area contributed by atoms with Gasteiger partial charge < -0.3 is 5.32 Å². The van der Waals surface area contributed by atoms with Crippen molar-refractivity contribution < 1.29 is 4.39 Å². The summed E-state index contributed by atoms with van der Waals surface area (Å²) in [5.41, 5.74) is 1.55. The Morgan fingerprint density at radius 1 is 1.33 bits per heavy atom. The molecule has 2 aromatic rings. The number of hydrogen-bond donors (Lipinski definition) is 1. The van der Waals surface area contributed by atoms with Crippen LogP contribution in [0, 0.1) is 5.82 Å². The minimum atomic E-state index is -0.461. The first-order valence-electron chi connectivity index (χ1n) is 7.37. The summed E-state index contributed by atoms with van der Waals surface area (Å²) in [4.78, 5) is 6.34. The molecule has 1 heterocycles. The number of nitrogens with one attached hydrogen (secondary N) is 1. The number of hydrogen-bond acceptors (Lipinski definition) is 3. The lowest BCUT2D eigenvalue weighted by molar-refractivity contribution is 0.628. The molecule has 1 aliphatic rings. The molecule has 0 unspecified atom stereocenters. The highest BCUT2D eigenvalue weighted by atomic mass is 35.5. The topological polar surface area (TPSA) is 27.6 Å². The van der Waals surface area contributed by atoms with Crippen molar-refractivity contribution >= 4 is 57.2 Å². The van der Waals surface area contributed by atoms with Crippen LogP contribution in [0.2, 0.25) is 5.02 Å². The number of halogens is 2. The molecule has 0 aliphatic carbocycles. The van der Waals surface area contributed by atoms with Gasteiger partial charge in [0, 0.05) is 10.9 Å². The van der Waals surface area contributed by atoms with E-state index in [9.17, 15) is 4.39 Å². The van der Waals surface area contributed by atoms with Gasteiger partial charge >= 0.3 is 0 Å². The molecule has 0 spiro atoms. The number of benzene rings is 2. The Bertz CT molecular complexity index is 783. The van der Waals surface area contributed by atoms with Gasteiger partial charge in [0.15, 0.2) is 10.3 Å². The summed E-state index contributed by atoms with van der Waals surface area (Å²) in [5, 5.41) is 4.86. The fraction of sp³-hybridized carbons (Fsp3) is 0.176. The van der Waals surface area contributed by atoms with Gasteiger partial charge in [0.2, 0.25) is 0 Å². The van der Waals surface area contributed by atoms with Crippen molar-refractivity contribution in [2.24, 2.45) is 4.99 Å². The molecule has 1 N–H and O–H groups in total. The first-order valence-corrected chi connectivity index (χ1v) is 9.03. The average molecular weight is 380 g/mol. The van der Waals surface area contributed by atoms with Crippen LogP contribution in [0.15, 0.2) is 53.5 Å². The molecule has 0 saturated carbocycles. The summed E-state index contributed by atoms with van der Waals surface area (Å²) in [6, 6.07) is 14.2. The van der Waals surface area contributed by atoms with E-state index in [0.717, 1.165) is 17.4 Å². The third-order valence-electron chi connectivity index (χ3n) is 3.37. The van der Waals surface area contributed by atoms with Crippen LogP contribution in [-0.2, 0) is 0 Å². The van der Waals surface area contributed by atoms with Crippen molar-refractivity contribution in [3.8, 4) is 0 Å². The molecule has 0 aromatic heterocycles. The molecule has 1 atom stereocenters. The molecular formula is C17H15ClFN3S2. The largest absolute Gasteiger partial charge is 0.332 e. The van der Waals surface area contributed by atoms with E-state index in [2.05, 4.69) is 17.2 Å². The number of rotatable bonds is 2. The van der Waals surface area contributed by atoms with E-state index in [1.54, 1.807) is 28.8 Å². The van der Waals surface area contributed by atoms with Gasteiger partial charge in [0.25, 0.3) is 0 Å². The summed E-state index contributed by atoms with van der Waals surface area (Å²) in [6.45, 7) is 2.82. The van der Waals surface area contributed by atoms with Crippen molar-refractivity contribution in [2.75, 3.05) is 16.8 Å². The fourth-order valence-electron chi connectivity index (χ4n) is 2.22. The standard InChI is InChI=1S/C17H15ClFN3S2/c1-11-10-20-17(24-11)22(13-7-8-15(19)14(18)9-13)16(23)21-12-5-3-2-4-6-12/h2-9,11H,10H2,1H3,(H,21,23)/t11-/m0/s1. The zero-order valence-corrected chi connectivity index (χ0v) is 15.3. The second-order valence-corrected chi connectivity index (χ2v) is 7.48. The lowest BCUT2D eigenvalue weighted by Crippen LogP contribution is -2.38. The predicted molar refractivity (Wildman–Crippen MR) is 106 cm³/mol. The van der Waals surface area contributed by atoms with E-state index >= 15 is 0 Å². The maximum atomic E-state index is 13.5. The molecule has 0 amide bonds. The zero-order valence-electron chi connectivity index (χ0n) is 12.9. The lowest BCUT2D eigenvalue weighted by Gasteiger charge is -2.25. The minimum Gasteiger partial charge on any atom is -0.332 e. The first-order chi connectivity index (χ1) is 11.5. The molecule has 0 bridgehead atoms. The van der Waals surface area contributed by atoms with Gasteiger partial charge in [-0.25, -0.2) is 4.39 Å². The Balaban J connectivity index is 1.92. The van der Waals surface area contributed by atoms with Crippen LogP contribution in [-0.4, -0.2) is 22.1 Å². The van der Waals surface area contributed by atoms with Crippen LogP contribution < -0.4 is 10.2 Å². The Morgan fingerprint density at radius 2 is 2.08 bits per heavy atom. The van der Waals surface area contributed by atoms with E-state index in [1.807, 2.05) is 30.3 Å². The van der Waals surface area contributed by atoms with E-state index in [1.165, 1.54) is 6.07 Å². The molecule has 3 rings (SSSR count). The van der Waals surface area contributed by atoms with Gasteiger partial charge in [-0.3, -0.25) is 9.89 Å². The molecule has 2 aromatic carbocycles. The van der Waals surface area contributed by atoms with Crippen LogP contribution in [0.3, 0.4) is 0 Å². The summed E-state index contributed by atoms with van der Waals surface area (Å²) >= 11 is 13.1. The van der Waals surface area contributed by atoms with Crippen LogP contribution in [0.1, 0.15) is 6.92 Å². The van der Waals surface area contributed by atoms with E-state index in [-0.39, 0.29) is 5.02 Å². The minimum absolute atomic E-state index is 0.0525. The molecule has 0 saturated heterocycles. The molecule has 124 valence electrons. The summed E-state index contributed by atoms with van der Waals surface area (Å²) < 4.78 is 13.5. The second kappa shape index (κ2) is 7.51. The van der Waals surface area contributed by atoms with Crippen LogP contribution in [0.25, 0.3) is 0 Å². The third-order valence-corrected chi connectivity index (χ3v) is 5.02. The Hall–Kier alpha value is -1.63. The predicted octanol–water partition coefficient (Wildman–Crippen LogP) is 5.17. The van der Waals surface area contributed by atoms with Crippen LogP contribution in [0.5, 0.6) is 0 Å². The fourth-order valence-corrected chi connectivity index (χ4v) is 3.73. The van der Waals surface area contributed by atoms with Crippen molar-refractivity contribution in [2.45, 2.75) is 12.2 Å². The van der Waals surface area contributed by atoms with Crippen LogP contribution >= 0.6 is 35.6 Å². The number of thioether (sulfide) groups is 1. The Morgan fingerprint density at radius 3 is 2.71 bits per heavy atom. The number of thiocarbonyl (C=S) groups is 1. The normalized spacial score (nSPS) is 16.6.